The van der Waals surface area contributed by atoms with E-state index in [0.717, 1.165) is 12.8 Å². The van der Waals surface area contributed by atoms with Gasteiger partial charge in [-0.3, -0.25) is 9.59 Å². The highest BCUT2D eigenvalue weighted by Gasteiger charge is 2.45. The molecule has 0 saturated carbocycles. The lowest BCUT2D eigenvalue weighted by atomic mass is 9.76. The highest BCUT2D eigenvalue weighted by Crippen LogP contribution is 2.45. The van der Waals surface area contributed by atoms with Crippen molar-refractivity contribution in [3.8, 4) is 0 Å². The number of aliphatic hydroxyl groups is 1. The van der Waals surface area contributed by atoms with Crippen LogP contribution in [-0.4, -0.2) is 41.7 Å². The van der Waals surface area contributed by atoms with E-state index in [2.05, 4.69) is 0 Å². The monoisotopic (exact) mass is 422 g/mol. The molecule has 2 rings (SSSR count). The predicted octanol–water partition coefficient (Wildman–Crippen LogP) is 3.54. The second-order valence-electron chi connectivity index (χ2n) is 7.94. The second-order valence-corrected chi connectivity index (χ2v) is 10.1. The van der Waals surface area contributed by atoms with Crippen LogP contribution in [0.25, 0.3) is 0 Å². The Bertz CT molecular complexity index is 859. The third-order valence-corrected chi connectivity index (χ3v) is 7.92. The average Bonchev–Trinajstić information content (AvgIpc) is 2.93. The van der Waals surface area contributed by atoms with E-state index < -0.39 is 32.6 Å². The number of sulfone groups is 1. The normalized spacial score (nSPS) is 22.9. The molecule has 160 valence electrons. The van der Waals surface area contributed by atoms with Crippen molar-refractivity contribution in [2.75, 3.05) is 0 Å². The molecule has 0 bridgehead atoms. The molecule has 1 aliphatic carbocycles. The van der Waals surface area contributed by atoms with Crippen molar-refractivity contribution in [3.05, 3.63) is 42.0 Å². The van der Waals surface area contributed by atoms with E-state index in [-0.39, 0.29) is 36.4 Å². The maximum Gasteiger partial charge on any atom is 0.304 e. The quantitative estimate of drug-likeness (QED) is 0.417. The van der Waals surface area contributed by atoms with Crippen LogP contribution < -0.4 is 0 Å². The molecule has 0 saturated heterocycles. The van der Waals surface area contributed by atoms with Crippen molar-refractivity contribution < 1.29 is 28.2 Å². The van der Waals surface area contributed by atoms with Gasteiger partial charge in [0.05, 0.1) is 17.4 Å². The summed E-state index contributed by atoms with van der Waals surface area (Å²) in [5.41, 5.74) is -0.555. The van der Waals surface area contributed by atoms with Crippen LogP contribution in [0.1, 0.15) is 58.8 Å². The molecular formula is C22H30O6S. The number of aliphatic carboxylic acids is 1. The number of unbranched alkanes of at least 4 members (excludes halogenated alkanes) is 2. The number of carbonyl (C=O) groups is 2. The van der Waals surface area contributed by atoms with Gasteiger partial charge < -0.3 is 10.2 Å². The zero-order valence-electron chi connectivity index (χ0n) is 17.0. The Morgan fingerprint density at radius 1 is 1.21 bits per heavy atom. The van der Waals surface area contributed by atoms with Crippen molar-refractivity contribution >= 4 is 21.6 Å². The topological polar surface area (TPSA) is 109 Å². The molecule has 0 fully saturated rings. The zero-order chi connectivity index (χ0) is 21.7. The summed E-state index contributed by atoms with van der Waals surface area (Å²) in [4.78, 5) is 24.4. The molecule has 6 nitrogen and oxygen atoms in total. The average molecular weight is 423 g/mol. The highest BCUT2D eigenvalue weighted by molar-refractivity contribution is 7.92. The lowest BCUT2D eigenvalue weighted by molar-refractivity contribution is -0.140. The maximum absolute atomic E-state index is 13.3. The first-order valence-electron chi connectivity index (χ1n) is 10.0. The van der Waals surface area contributed by atoms with E-state index in [1.807, 2.05) is 6.92 Å². The molecule has 0 aliphatic heterocycles. The van der Waals surface area contributed by atoms with Crippen LogP contribution >= 0.6 is 0 Å². The summed E-state index contributed by atoms with van der Waals surface area (Å²) in [5.74, 6) is -1.43. The molecule has 1 aliphatic rings. The fourth-order valence-electron chi connectivity index (χ4n) is 3.90. The molecule has 0 amide bonds. The second kappa shape index (κ2) is 9.67. The van der Waals surface area contributed by atoms with Crippen LogP contribution in [0.3, 0.4) is 0 Å². The van der Waals surface area contributed by atoms with Gasteiger partial charge in [0.2, 0.25) is 0 Å². The SMILES string of the molecule is CCCCCC(=O)C(CC1=CC[C@H](O)[C@]1(C)CC(=O)O)S(=O)(=O)c1ccccc1. The number of aliphatic hydroxyl groups excluding tert-OH is 1. The number of ketones is 1. The van der Waals surface area contributed by atoms with Crippen LogP contribution in [0.4, 0.5) is 0 Å². The first kappa shape index (κ1) is 23.3. The Kier molecular flexibility index (Phi) is 7.77. The summed E-state index contributed by atoms with van der Waals surface area (Å²) < 4.78 is 26.6. The summed E-state index contributed by atoms with van der Waals surface area (Å²) in [5, 5.41) is 18.4. The minimum absolute atomic E-state index is 0.0768. The summed E-state index contributed by atoms with van der Waals surface area (Å²) in [6, 6.07) is 7.86. The van der Waals surface area contributed by atoms with Gasteiger partial charge in [0.1, 0.15) is 5.25 Å². The number of rotatable bonds is 11. The van der Waals surface area contributed by atoms with Crippen molar-refractivity contribution in [1.29, 1.82) is 0 Å². The Morgan fingerprint density at radius 3 is 2.45 bits per heavy atom. The van der Waals surface area contributed by atoms with E-state index in [4.69, 9.17) is 0 Å². The van der Waals surface area contributed by atoms with Gasteiger partial charge in [0.25, 0.3) is 0 Å². The number of benzene rings is 1. The summed E-state index contributed by atoms with van der Waals surface area (Å²) in [6.45, 7) is 3.63. The van der Waals surface area contributed by atoms with E-state index in [9.17, 15) is 28.2 Å². The lowest BCUT2D eigenvalue weighted by Crippen LogP contribution is -2.37. The number of carboxylic acids is 1. The first-order valence-corrected chi connectivity index (χ1v) is 11.6. The van der Waals surface area contributed by atoms with Gasteiger partial charge in [-0.15, -0.1) is 0 Å². The third-order valence-electron chi connectivity index (χ3n) is 5.81. The van der Waals surface area contributed by atoms with Crippen LogP contribution in [0, 0.1) is 5.41 Å². The van der Waals surface area contributed by atoms with Crippen LogP contribution in [0.5, 0.6) is 0 Å². The fourth-order valence-corrected chi connectivity index (χ4v) is 5.63. The van der Waals surface area contributed by atoms with Gasteiger partial charge in [-0.1, -0.05) is 56.5 Å². The molecule has 0 aromatic heterocycles. The molecule has 1 aromatic rings. The molecule has 29 heavy (non-hydrogen) atoms. The molecule has 0 heterocycles. The van der Waals surface area contributed by atoms with E-state index in [0.29, 0.717) is 12.0 Å². The molecule has 0 spiro atoms. The number of carbonyl (C=O) groups excluding carboxylic acids is 1. The van der Waals surface area contributed by atoms with Crippen molar-refractivity contribution in [3.63, 3.8) is 0 Å². The highest BCUT2D eigenvalue weighted by atomic mass is 32.2. The molecule has 0 radical (unpaired) electrons. The van der Waals surface area contributed by atoms with Gasteiger partial charge in [0, 0.05) is 11.8 Å². The van der Waals surface area contributed by atoms with E-state index >= 15 is 0 Å². The minimum atomic E-state index is -3.94. The minimum Gasteiger partial charge on any atom is -0.481 e. The van der Waals surface area contributed by atoms with E-state index in [1.54, 1.807) is 31.2 Å². The molecular weight excluding hydrogens is 392 g/mol. The predicted molar refractivity (Wildman–Crippen MR) is 110 cm³/mol. The molecule has 3 atom stereocenters. The third kappa shape index (κ3) is 5.34. The smallest absolute Gasteiger partial charge is 0.304 e. The number of hydrogen-bond donors (Lipinski definition) is 2. The van der Waals surface area contributed by atoms with Crippen LogP contribution in [0.15, 0.2) is 46.9 Å². The first-order chi connectivity index (χ1) is 13.6. The molecule has 2 N–H and O–H groups in total. The largest absolute Gasteiger partial charge is 0.481 e. The van der Waals surface area contributed by atoms with Crippen LogP contribution in [-0.2, 0) is 19.4 Å². The fraction of sp³-hybridized carbons (Fsp3) is 0.545. The zero-order valence-corrected chi connectivity index (χ0v) is 17.8. The number of Topliss-reactive ketones (excluding diaryl/α,β-unsaturated/α-hetero) is 1. The molecule has 1 aromatic carbocycles. The standard InChI is InChI=1S/C22H30O6S/c1-3-4-6-11-18(23)19(29(27,28)17-9-7-5-8-10-17)14-16-12-13-20(24)22(16,2)15-21(25)26/h5,7-10,12,19-20,24H,3-4,6,11,13-15H2,1-2H3,(H,25,26)/t19?,20-,22+/m0/s1. The van der Waals surface area contributed by atoms with Crippen LogP contribution in [0.2, 0.25) is 0 Å². The van der Waals surface area contributed by atoms with Gasteiger partial charge in [-0.2, -0.15) is 0 Å². The van der Waals surface area contributed by atoms with Gasteiger partial charge in [0.15, 0.2) is 15.6 Å². The Hall–Kier alpha value is -1.99. The van der Waals surface area contributed by atoms with Crippen molar-refractivity contribution in [2.24, 2.45) is 5.41 Å². The van der Waals surface area contributed by atoms with Gasteiger partial charge in [-0.25, -0.2) is 8.42 Å². The van der Waals surface area contributed by atoms with Gasteiger partial charge in [-0.05, 0) is 31.4 Å². The molecule has 7 heteroatoms. The Balaban J connectivity index is 2.38. The number of carboxylic acid groups (broad SMARTS) is 1. The Morgan fingerprint density at radius 2 is 1.86 bits per heavy atom. The Labute approximate surface area is 172 Å². The lowest BCUT2D eigenvalue weighted by Gasteiger charge is -2.32. The van der Waals surface area contributed by atoms with E-state index in [1.165, 1.54) is 12.1 Å². The summed E-state index contributed by atoms with van der Waals surface area (Å²) in [6.07, 6.45) is 3.15. The van der Waals surface area contributed by atoms with Crippen molar-refractivity contribution in [1.82, 2.24) is 0 Å². The maximum atomic E-state index is 13.3. The summed E-state index contributed by atoms with van der Waals surface area (Å²) in [7, 11) is -3.94. The van der Waals surface area contributed by atoms with Gasteiger partial charge >= 0.3 is 5.97 Å². The molecule has 1 unspecified atom stereocenters. The number of hydrogen-bond acceptors (Lipinski definition) is 5. The van der Waals surface area contributed by atoms with Crippen molar-refractivity contribution in [2.45, 2.75) is 75.0 Å². The summed E-state index contributed by atoms with van der Waals surface area (Å²) >= 11 is 0.